The summed E-state index contributed by atoms with van der Waals surface area (Å²) in [6.45, 7) is 1.48. The average molecular weight is 303 g/mol. The minimum atomic E-state index is -2.85. The zero-order valence-electron chi connectivity index (χ0n) is 12.2. The fourth-order valence-electron chi connectivity index (χ4n) is 2.14. The number of rotatable bonds is 7. The third-order valence-electron chi connectivity index (χ3n) is 3.26. The summed E-state index contributed by atoms with van der Waals surface area (Å²) in [5.41, 5.74) is 3.62. The van der Waals surface area contributed by atoms with Crippen molar-refractivity contribution < 1.29 is 8.42 Å². The minimum absolute atomic E-state index is 0.243. The first-order valence-electron chi connectivity index (χ1n) is 7.07. The van der Waals surface area contributed by atoms with Crippen molar-refractivity contribution in [1.29, 1.82) is 0 Å². The molecule has 0 unspecified atom stereocenters. The average Bonchev–Trinajstić information content (AvgIpc) is 2.47. The van der Waals surface area contributed by atoms with Gasteiger partial charge in [0.2, 0.25) is 0 Å². The van der Waals surface area contributed by atoms with Crippen LogP contribution in [0.5, 0.6) is 0 Å². The van der Waals surface area contributed by atoms with Crippen LogP contribution in [0.3, 0.4) is 0 Å². The summed E-state index contributed by atoms with van der Waals surface area (Å²) in [6.07, 6.45) is 1.93. The normalized spacial score (nSPS) is 11.5. The molecule has 112 valence electrons. The zero-order valence-corrected chi connectivity index (χ0v) is 13.1. The summed E-state index contributed by atoms with van der Waals surface area (Å²) in [6, 6.07) is 18.7. The van der Waals surface area contributed by atoms with Gasteiger partial charge in [-0.15, -0.1) is 0 Å². The first-order chi connectivity index (χ1) is 10.0. The van der Waals surface area contributed by atoms with E-state index < -0.39 is 9.84 Å². The number of benzene rings is 2. The van der Waals surface area contributed by atoms with E-state index in [9.17, 15) is 8.42 Å². The van der Waals surface area contributed by atoms with E-state index in [1.54, 1.807) is 0 Å². The van der Waals surface area contributed by atoms with Crippen molar-refractivity contribution in [3.63, 3.8) is 0 Å². The number of hydrogen-bond acceptors (Lipinski definition) is 3. The van der Waals surface area contributed by atoms with E-state index in [-0.39, 0.29) is 5.75 Å². The molecule has 0 aliphatic heterocycles. The van der Waals surface area contributed by atoms with Gasteiger partial charge in [-0.05, 0) is 29.7 Å². The van der Waals surface area contributed by atoms with Crippen molar-refractivity contribution in [2.75, 3.05) is 18.6 Å². The lowest BCUT2D eigenvalue weighted by Crippen LogP contribution is -2.17. The molecule has 2 rings (SSSR count). The van der Waals surface area contributed by atoms with Crippen LogP contribution in [0.1, 0.15) is 12.0 Å². The first-order valence-corrected chi connectivity index (χ1v) is 9.13. The van der Waals surface area contributed by atoms with Crippen molar-refractivity contribution in [2.24, 2.45) is 0 Å². The molecule has 0 aromatic heterocycles. The molecule has 1 N–H and O–H groups in total. The molecule has 0 radical (unpaired) electrons. The third-order valence-corrected chi connectivity index (χ3v) is 4.29. The number of sulfone groups is 1. The maximum absolute atomic E-state index is 11.0. The minimum Gasteiger partial charge on any atom is -0.313 e. The lowest BCUT2D eigenvalue weighted by atomic mass is 10.0. The molecular weight excluding hydrogens is 282 g/mol. The highest BCUT2D eigenvalue weighted by Crippen LogP contribution is 2.19. The van der Waals surface area contributed by atoms with Crippen LogP contribution in [0.25, 0.3) is 11.1 Å². The van der Waals surface area contributed by atoms with Crippen LogP contribution < -0.4 is 5.32 Å². The molecule has 0 fully saturated rings. The first kappa shape index (κ1) is 15.7. The van der Waals surface area contributed by atoms with Crippen molar-refractivity contribution in [1.82, 2.24) is 5.32 Å². The Morgan fingerprint density at radius 1 is 0.905 bits per heavy atom. The molecule has 2 aromatic rings. The summed E-state index contributed by atoms with van der Waals surface area (Å²) in [5.74, 6) is 0.243. The molecule has 0 heterocycles. The number of hydrogen-bond donors (Lipinski definition) is 1. The molecule has 0 atom stereocenters. The molecule has 0 spiro atoms. The fourth-order valence-corrected chi connectivity index (χ4v) is 2.81. The second-order valence-corrected chi connectivity index (χ2v) is 7.48. The van der Waals surface area contributed by atoms with Crippen molar-refractivity contribution in [3.05, 3.63) is 60.2 Å². The predicted molar refractivity (Wildman–Crippen MR) is 87.9 cm³/mol. The van der Waals surface area contributed by atoms with Crippen LogP contribution >= 0.6 is 0 Å². The smallest absolute Gasteiger partial charge is 0.147 e. The van der Waals surface area contributed by atoms with E-state index in [1.807, 2.05) is 18.2 Å². The molecule has 0 aliphatic rings. The largest absolute Gasteiger partial charge is 0.313 e. The highest BCUT2D eigenvalue weighted by molar-refractivity contribution is 7.90. The van der Waals surface area contributed by atoms with E-state index in [4.69, 9.17) is 0 Å². The fraction of sp³-hybridized carbons (Fsp3) is 0.294. The molecule has 0 saturated heterocycles. The Bertz CT molecular complexity index is 649. The molecule has 0 amide bonds. The summed E-state index contributed by atoms with van der Waals surface area (Å²) < 4.78 is 22.0. The standard InChI is InChI=1S/C17H21NO2S/c1-21(19,20)13-5-12-18-14-15-8-10-17(11-9-15)16-6-3-2-4-7-16/h2-4,6-11,18H,5,12-14H2,1H3. The molecule has 0 aliphatic carbocycles. The van der Waals surface area contributed by atoms with Crippen LogP contribution in [-0.2, 0) is 16.4 Å². The van der Waals surface area contributed by atoms with E-state index in [0.717, 1.165) is 6.54 Å². The van der Waals surface area contributed by atoms with Crippen molar-refractivity contribution in [3.8, 4) is 11.1 Å². The molecule has 2 aromatic carbocycles. The predicted octanol–water partition coefficient (Wildman–Crippen LogP) is 2.88. The highest BCUT2D eigenvalue weighted by Gasteiger charge is 2.01. The van der Waals surface area contributed by atoms with Crippen LogP contribution in [-0.4, -0.2) is 27.0 Å². The van der Waals surface area contributed by atoms with E-state index in [0.29, 0.717) is 13.0 Å². The maximum atomic E-state index is 11.0. The van der Waals surface area contributed by atoms with E-state index >= 15 is 0 Å². The lowest BCUT2D eigenvalue weighted by molar-refractivity contribution is 0.594. The van der Waals surface area contributed by atoms with Gasteiger partial charge in [0.15, 0.2) is 0 Å². The second kappa shape index (κ2) is 7.38. The topological polar surface area (TPSA) is 46.2 Å². The highest BCUT2D eigenvalue weighted by atomic mass is 32.2. The van der Waals surface area contributed by atoms with Crippen LogP contribution in [0.15, 0.2) is 54.6 Å². The van der Waals surface area contributed by atoms with Gasteiger partial charge < -0.3 is 5.32 Å². The molecule has 0 saturated carbocycles. The molecule has 4 heteroatoms. The summed E-state index contributed by atoms with van der Waals surface area (Å²) in [7, 11) is -2.85. The Hall–Kier alpha value is -1.65. The van der Waals surface area contributed by atoms with Gasteiger partial charge in [-0.25, -0.2) is 8.42 Å². The molecule has 3 nitrogen and oxygen atoms in total. The van der Waals surface area contributed by atoms with Crippen LogP contribution in [0, 0.1) is 0 Å². The SMILES string of the molecule is CS(=O)(=O)CCCNCc1ccc(-c2ccccc2)cc1. The Labute approximate surface area is 126 Å². The van der Waals surface area contributed by atoms with Gasteiger partial charge in [0.05, 0.1) is 5.75 Å². The van der Waals surface area contributed by atoms with Crippen molar-refractivity contribution >= 4 is 9.84 Å². The summed E-state index contributed by atoms with van der Waals surface area (Å²) >= 11 is 0. The van der Waals surface area contributed by atoms with E-state index in [1.165, 1.54) is 22.9 Å². The quantitative estimate of drug-likeness (QED) is 0.800. The van der Waals surface area contributed by atoms with Crippen LogP contribution in [0.2, 0.25) is 0 Å². The van der Waals surface area contributed by atoms with E-state index in [2.05, 4.69) is 41.7 Å². The Balaban J connectivity index is 1.81. The van der Waals surface area contributed by atoms with Gasteiger partial charge in [0.1, 0.15) is 9.84 Å². The molecule has 21 heavy (non-hydrogen) atoms. The Kier molecular flexibility index (Phi) is 5.53. The van der Waals surface area contributed by atoms with Gasteiger partial charge in [0, 0.05) is 12.8 Å². The molecule has 0 bridgehead atoms. The Morgan fingerprint density at radius 3 is 2.14 bits per heavy atom. The van der Waals surface area contributed by atoms with Gasteiger partial charge in [0.25, 0.3) is 0 Å². The second-order valence-electron chi connectivity index (χ2n) is 5.22. The lowest BCUT2D eigenvalue weighted by Gasteiger charge is -2.06. The third kappa shape index (κ3) is 5.69. The Morgan fingerprint density at radius 2 is 1.52 bits per heavy atom. The monoisotopic (exact) mass is 303 g/mol. The summed E-state index contributed by atoms with van der Waals surface area (Å²) in [5, 5.41) is 3.27. The van der Waals surface area contributed by atoms with Crippen LogP contribution in [0.4, 0.5) is 0 Å². The number of nitrogens with one attached hydrogen (secondary N) is 1. The van der Waals surface area contributed by atoms with Gasteiger partial charge in [-0.1, -0.05) is 54.6 Å². The zero-order chi connectivity index (χ0) is 15.1. The summed E-state index contributed by atoms with van der Waals surface area (Å²) in [4.78, 5) is 0. The van der Waals surface area contributed by atoms with Gasteiger partial charge >= 0.3 is 0 Å². The molecular formula is C17H21NO2S. The maximum Gasteiger partial charge on any atom is 0.147 e. The van der Waals surface area contributed by atoms with Gasteiger partial charge in [-0.2, -0.15) is 0 Å². The van der Waals surface area contributed by atoms with Gasteiger partial charge in [-0.3, -0.25) is 0 Å². The van der Waals surface area contributed by atoms with Crippen molar-refractivity contribution in [2.45, 2.75) is 13.0 Å².